The van der Waals surface area contributed by atoms with E-state index in [2.05, 4.69) is 39.0 Å². The van der Waals surface area contributed by atoms with Crippen molar-refractivity contribution >= 4 is 0 Å². The normalized spacial score (nSPS) is 26.2. The first kappa shape index (κ1) is 19.8. The van der Waals surface area contributed by atoms with Crippen LogP contribution in [-0.2, 0) is 6.42 Å². The highest BCUT2D eigenvalue weighted by Gasteiger charge is 2.29. The third kappa shape index (κ3) is 4.98. The Balaban J connectivity index is 1.01. The number of hydrogen-bond acceptors (Lipinski definition) is 4. The Morgan fingerprint density at radius 3 is 1.83 bits per heavy atom. The lowest BCUT2D eigenvalue weighted by Gasteiger charge is -2.43. The number of likely N-dealkylation sites (tertiary alicyclic amines) is 1. The minimum Gasteiger partial charge on any atom is -0.490 e. The molecule has 2 heterocycles. The number of ether oxygens (including phenoxy) is 1. The molecule has 4 fully saturated rings. The average Bonchev–Trinajstić information content (AvgIpc) is 2.67. The van der Waals surface area contributed by atoms with Crippen LogP contribution in [0.1, 0.15) is 56.9 Å². The predicted octanol–water partition coefficient (Wildman–Crippen LogP) is 3.79. The zero-order chi connectivity index (χ0) is 19.5. The standard InChI is InChI=1S/C25H39N3O/c1-3-22(4-1)27-15-12-25(13-16-27)29-24-9-7-21(8-10-24)11-14-26-17-19-28(20-18-26)23-5-2-6-23/h7-10,22-23,25H,1-6,11-20H2. The van der Waals surface area contributed by atoms with Gasteiger partial charge in [0.25, 0.3) is 0 Å². The molecule has 2 saturated carbocycles. The van der Waals surface area contributed by atoms with E-state index in [9.17, 15) is 0 Å². The number of piperazine rings is 1. The van der Waals surface area contributed by atoms with Gasteiger partial charge in [0.1, 0.15) is 11.9 Å². The molecule has 29 heavy (non-hydrogen) atoms. The van der Waals surface area contributed by atoms with E-state index in [1.165, 1.54) is 103 Å². The quantitative estimate of drug-likeness (QED) is 0.697. The third-order valence-electron chi connectivity index (χ3n) is 8.01. The largest absolute Gasteiger partial charge is 0.490 e. The Hall–Kier alpha value is -1.10. The van der Waals surface area contributed by atoms with Crippen molar-refractivity contribution in [1.29, 1.82) is 0 Å². The zero-order valence-electron chi connectivity index (χ0n) is 18.1. The van der Waals surface area contributed by atoms with Gasteiger partial charge in [-0.2, -0.15) is 0 Å². The molecule has 0 spiro atoms. The van der Waals surface area contributed by atoms with E-state index < -0.39 is 0 Å². The van der Waals surface area contributed by atoms with Crippen molar-refractivity contribution in [3.8, 4) is 5.75 Å². The van der Waals surface area contributed by atoms with Gasteiger partial charge in [0.05, 0.1) is 0 Å². The number of hydrogen-bond donors (Lipinski definition) is 0. The summed E-state index contributed by atoms with van der Waals surface area (Å²) in [5, 5.41) is 0. The van der Waals surface area contributed by atoms with Crippen molar-refractivity contribution in [2.45, 2.75) is 76.0 Å². The maximum atomic E-state index is 6.29. The van der Waals surface area contributed by atoms with E-state index >= 15 is 0 Å². The van der Waals surface area contributed by atoms with Gasteiger partial charge in [-0.05, 0) is 62.6 Å². The van der Waals surface area contributed by atoms with Crippen molar-refractivity contribution < 1.29 is 4.74 Å². The van der Waals surface area contributed by atoms with Gasteiger partial charge in [-0.1, -0.05) is 25.0 Å². The first-order valence-corrected chi connectivity index (χ1v) is 12.3. The van der Waals surface area contributed by atoms with Crippen LogP contribution in [0, 0.1) is 0 Å². The van der Waals surface area contributed by atoms with E-state index in [1.807, 2.05) is 0 Å². The second-order valence-electron chi connectivity index (χ2n) is 9.79. The SMILES string of the molecule is c1cc(OC2CCN(C3CCC3)CC2)ccc1CCN1CCN(C2CCC2)CC1. The molecule has 1 aromatic rings. The lowest BCUT2D eigenvalue weighted by molar-refractivity contribution is 0.0493. The van der Waals surface area contributed by atoms with Gasteiger partial charge in [-0.3, -0.25) is 4.90 Å². The molecule has 160 valence electrons. The minimum absolute atomic E-state index is 0.407. The molecule has 0 N–H and O–H groups in total. The molecule has 1 aromatic carbocycles. The van der Waals surface area contributed by atoms with E-state index in [0.29, 0.717) is 6.10 Å². The highest BCUT2D eigenvalue weighted by atomic mass is 16.5. The summed E-state index contributed by atoms with van der Waals surface area (Å²) in [7, 11) is 0. The molecule has 0 atom stereocenters. The molecule has 0 unspecified atom stereocenters. The summed E-state index contributed by atoms with van der Waals surface area (Å²) in [5.41, 5.74) is 1.44. The molecule has 0 radical (unpaired) electrons. The van der Waals surface area contributed by atoms with Crippen LogP contribution in [-0.4, -0.2) is 78.7 Å². The Labute approximate surface area is 177 Å². The molecule has 4 aliphatic rings. The van der Waals surface area contributed by atoms with Crippen molar-refractivity contribution in [3.05, 3.63) is 29.8 Å². The number of piperidine rings is 1. The van der Waals surface area contributed by atoms with Crippen LogP contribution in [0.15, 0.2) is 24.3 Å². The van der Waals surface area contributed by atoms with Crippen molar-refractivity contribution in [2.75, 3.05) is 45.8 Å². The fourth-order valence-corrected chi connectivity index (χ4v) is 5.43. The van der Waals surface area contributed by atoms with E-state index in [1.54, 1.807) is 0 Å². The van der Waals surface area contributed by atoms with Gasteiger partial charge in [-0.15, -0.1) is 0 Å². The van der Waals surface area contributed by atoms with Crippen molar-refractivity contribution in [2.24, 2.45) is 0 Å². The second kappa shape index (κ2) is 9.36. The molecular weight excluding hydrogens is 358 g/mol. The maximum Gasteiger partial charge on any atom is 0.119 e. The van der Waals surface area contributed by atoms with Crippen LogP contribution >= 0.6 is 0 Å². The Morgan fingerprint density at radius 2 is 1.28 bits per heavy atom. The topological polar surface area (TPSA) is 19.0 Å². The summed E-state index contributed by atoms with van der Waals surface area (Å²) >= 11 is 0. The van der Waals surface area contributed by atoms with Crippen LogP contribution in [0.4, 0.5) is 0 Å². The molecule has 0 bridgehead atoms. The summed E-state index contributed by atoms with van der Waals surface area (Å²) in [4.78, 5) is 8.07. The van der Waals surface area contributed by atoms with E-state index in [-0.39, 0.29) is 0 Å². The highest BCUT2D eigenvalue weighted by molar-refractivity contribution is 5.27. The summed E-state index contributed by atoms with van der Waals surface area (Å²) in [6.07, 6.45) is 12.5. The van der Waals surface area contributed by atoms with Crippen molar-refractivity contribution in [3.63, 3.8) is 0 Å². The second-order valence-corrected chi connectivity index (χ2v) is 9.79. The fraction of sp³-hybridized carbons (Fsp3) is 0.760. The van der Waals surface area contributed by atoms with Gasteiger partial charge in [0, 0.05) is 57.9 Å². The first-order chi connectivity index (χ1) is 14.3. The number of benzene rings is 1. The summed E-state index contributed by atoms with van der Waals surface area (Å²) in [6, 6.07) is 10.8. The van der Waals surface area contributed by atoms with Gasteiger partial charge < -0.3 is 14.5 Å². The number of nitrogens with zero attached hydrogens (tertiary/aromatic N) is 3. The van der Waals surface area contributed by atoms with Crippen LogP contribution in [0.25, 0.3) is 0 Å². The summed E-state index contributed by atoms with van der Waals surface area (Å²) in [6.45, 7) is 8.68. The minimum atomic E-state index is 0.407. The molecule has 0 amide bonds. The maximum absolute atomic E-state index is 6.29. The van der Waals surface area contributed by atoms with Crippen LogP contribution in [0.5, 0.6) is 5.75 Å². The fourth-order valence-electron chi connectivity index (χ4n) is 5.43. The van der Waals surface area contributed by atoms with Gasteiger partial charge >= 0.3 is 0 Å². The van der Waals surface area contributed by atoms with E-state index in [4.69, 9.17) is 4.74 Å². The monoisotopic (exact) mass is 397 g/mol. The molecular formula is C25H39N3O. The molecule has 0 aromatic heterocycles. The third-order valence-corrected chi connectivity index (χ3v) is 8.01. The Morgan fingerprint density at radius 1 is 0.690 bits per heavy atom. The first-order valence-electron chi connectivity index (χ1n) is 12.3. The lowest BCUT2D eigenvalue weighted by atomic mass is 9.90. The highest BCUT2D eigenvalue weighted by Crippen LogP contribution is 2.29. The molecule has 2 aliphatic heterocycles. The van der Waals surface area contributed by atoms with Crippen LogP contribution < -0.4 is 4.74 Å². The van der Waals surface area contributed by atoms with Gasteiger partial charge in [0.15, 0.2) is 0 Å². The Kier molecular flexibility index (Phi) is 6.41. The summed E-state index contributed by atoms with van der Waals surface area (Å²) < 4.78 is 6.29. The number of rotatable bonds is 7. The molecule has 4 nitrogen and oxygen atoms in total. The molecule has 4 heteroatoms. The van der Waals surface area contributed by atoms with Crippen molar-refractivity contribution in [1.82, 2.24) is 14.7 Å². The van der Waals surface area contributed by atoms with Crippen LogP contribution in [0.3, 0.4) is 0 Å². The summed E-state index contributed by atoms with van der Waals surface area (Å²) in [5.74, 6) is 1.06. The van der Waals surface area contributed by atoms with E-state index in [0.717, 1.165) is 24.3 Å². The van der Waals surface area contributed by atoms with Gasteiger partial charge in [0.2, 0.25) is 0 Å². The van der Waals surface area contributed by atoms with Gasteiger partial charge in [-0.25, -0.2) is 0 Å². The molecule has 2 saturated heterocycles. The molecule has 5 rings (SSSR count). The Bertz CT molecular complexity index is 624. The smallest absolute Gasteiger partial charge is 0.119 e. The average molecular weight is 398 g/mol. The zero-order valence-corrected chi connectivity index (χ0v) is 18.1. The predicted molar refractivity (Wildman–Crippen MR) is 119 cm³/mol. The van der Waals surface area contributed by atoms with Crippen LogP contribution in [0.2, 0.25) is 0 Å². The molecule has 2 aliphatic carbocycles. The lowest BCUT2D eigenvalue weighted by Crippen LogP contribution is -2.52.